The Hall–Kier alpha value is -1.86. The number of carbonyl (C=O) groups is 1. The second kappa shape index (κ2) is 7.06. The molecule has 3 N–H and O–H groups in total. The number of nitrogens with two attached hydrogens (primary N) is 1. The van der Waals surface area contributed by atoms with Crippen LogP contribution in [0.1, 0.15) is 6.42 Å². The molecule has 1 amide bonds. The molecule has 0 unspecified atom stereocenters. The van der Waals surface area contributed by atoms with Gasteiger partial charge in [-0.3, -0.25) is 4.79 Å². The lowest BCUT2D eigenvalue weighted by Crippen LogP contribution is -2.36. The molecule has 1 aromatic carbocycles. The zero-order valence-corrected chi connectivity index (χ0v) is 12.0. The van der Waals surface area contributed by atoms with Crippen LogP contribution in [0.15, 0.2) is 36.7 Å². The third-order valence-corrected chi connectivity index (χ3v) is 3.40. The smallest absolute Gasteiger partial charge is 0.241 e. The minimum absolute atomic E-state index is 0.163. The molecule has 0 aliphatic rings. The first-order valence-corrected chi connectivity index (χ1v) is 7.62. The average molecular weight is 291 g/mol. The molecule has 2 aromatic rings. The Labute approximate surface area is 121 Å². The number of nitrogens with one attached hydrogen (secondary N) is 1. The number of anilines is 1. The Bertz CT molecular complexity index is 540. The van der Waals surface area contributed by atoms with Crippen molar-refractivity contribution in [1.82, 2.24) is 15.0 Å². The molecule has 0 aliphatic heterocycles. The molecule has 20 heavy (non-hydrogen) atoms. The second-order valence-corrected chi connectivity index (χ2v) is 5.23. The van der Waals surface area contributed by atoms with Crippen LogP contribution in [0.25, 0.3) is 5.69 Å². The maximum atomic E-state index is 11.9. The van der Waals surface area contributed by atoms with Crippen LogP contribution in [0.2, 0.25) is 0 Å². The first kappa shape index (κ1) is 14.5. The van der Waals surface area contributed by atoms with Crippen molar-refractivity contribution in [3.63, 3.8) is 0 Å². The Balaban J connectivity index is 1.95. The zero-order valence-electron chi connectivity index (χ0n) is 11.2. The van der Waals surface area contributed by atoms with Gasteiger partial charge in [-0.15, -0.1) is 0 Å². The third-order valence-electron chi connectivity index (χ3n) is 2.75. The van der Waals surface area contributed by atoms with Crippen LogP contribution in [0, 0.1) is 0 Å². The van der Waals surface area contributed by atoms with Gasteiger partial charge in [-0.1, -0.05) is 0 Å². The average Bonchev–Trinajstić information content (AvgIpc) is 2.99. The molecule has 1 atom stereocenters. The van der Waals surface area contributed by atoms with E-state index in [2.05, 4.69) is 15.5 Å². The van der Waals surface area contributed by atoms with E-state index in [1.165, 1.54) is 4.80 Å². The summed E-state index contributed by atoms with van der Waals surface area (Å²) in [5.74, 6) is 0.711. The first-order valence-electron chi connectivity index (χ1n) is 6.23. The molecular weight excluding hydrogens is 274 g/mol. The minimum Gasteiger partial charge on any atom is -0.325 e. The molecular formula is C13H17N5OS. The summed E-state index contributed by atoms with van der Waals surface area (Å²) < 4.78 is 0. The van der Waals surface area contributed by atoms with Gasteiger partial charge in [-0.2, -0.15) is 26.8 Å². The maximum Gasteiger partial charge on any atom is 0.241 e. The Kier molecular flexibility index (Phi) is 5.14. The molecule has 0 radical (unpaired) electrons. The SMILES string of the molecule is CSCC[C@@H](N)C(=O)Nc1ccc(-n2nccn2)cc1. The highest BCUT2D eigenvalue weighted by molar-refractivity contribution is 7.98. The number of thioether (sulfide) groups is 1. The number of carbonyl (C=O) groups excluding carboxylic acids is 1. The van der Waals surface area contributed by atoms with Crippen LogP contribution in [-0.4, -0.2) is 39.0 Å². The van der Waals surface area contributed by atoms with Crippen molar-refractivity contribution < 1.29 is 4.79 Å². The van der Waals surface area contributed by atoms with Crippen molar-refractivity contribution in [2.45, 2.75) is 12.5 Å². The second-order valence-electron chi connectivity index (χ2n) is 4.24. The Morgan fingerprint density at radius 3 is 2.60 bits per heavy atom. The van der Waals surface area contributed by atoms with Gasteiger partial charge in [0.05, 0.1) is 24.1 Å². The van der Waals surface area contributed by atoms with E-state index in [0.717, 1.165) is 11.4 Å². The molecule has 106 valence electrons. The molecule has 7 heteroatoms. The number of aromatic nitrogens is 3. The maximum absolute atomic E-state index is 11.9. The molecule has 2 rings (SSSR count). The molecule has 0 saturated heterocycles. The predicted octanol–water partition coefficient (Wildman–Crippen LogP) is 1.29. The van der Waals surface area contributed by atoms with E-state index < -0.39 is 6.04 Å². The highest BCUT2D eigenvalue weighted by atomic mass is 32.2. The summed E-state index contributed by atoms with van der Waals surface area (Å²) in [6, 6.07) is 6.80. The predicted molar refractivity (Wildman–Crippen MR) is 81.0 cm³/mol. The molecule has 1 aromatic heterocycles. The van der Waals surface area contributed by atoms with Crippen molar-refractivity contribution in [2.24, 2.45) is 5.73 Å². The quantitative estimate of drug-likeness (QED) is 0.837. The summed E-state index contributed by atoms with van der Waals surface area (Å²) in [6.45, 7) is 0. The number of amides is 1. The fraction of sp³-hybridized carbons (Fsp3) is 0.308. The van der Waals surface area contributed by atoms with Crippen molar-refractivity contribution in [1.29, 1.82) is 0 Å². The monoisotopic (exact) mass is 291 g/mol. The van der Waals surface area contributed by atoms with Crippen LogP contribution in [0.5, 0.6) is 0 Å². The third kappa shape index (κ3) is 3.82. The van der Waals surface area contributed by atoms with E-state index in [9.17, 15) is 4.79 Å². The van der Waals surface area contributed by atoms with Crippen LogP contribution in [0.4, 0.5) is 5.69 Å². The highest BCUT2D eigenvalue weighted by Gasteiger charge is 2.12. The number of nitrogens with zero attached hydrogens (tertiary/aromatic N) is 3. The number of rotatable bonds is 6. The van der Waals surface area contributed by atoms with Crippen LogP contribution in [0.3, 0.4) is 0 Å². The van der Waals surface area contributed by atoms with E-state index in [0.29, 0.717) is 12.1 Å². The molecule has 0 aliphatic carbocycles. The number of hydrogen-bond acceptors (Lipinski definition) is 5. The molecule has 0 bridgehead atoms. The van der Waals surface area contributed by atoms with Crippen LogP contribution < -0.4 is 11.1 Å². The van der Waals surface area contributed by atoms with E-state index in [1.54, 1.807) is 36.3 Å². The van der Waals surface area contributed by atoms with Crippen molar-refractivity contribution in [3.8, 4) is 5.69 Å². The summed E-state index contributed by atoms with van der Waals surface area (Å²) in [5, 5.41) is 10.9. The normalized spacial score (nSPS) is 12.1. The number of benzene rings is 1. The van der Waals surface area contributed by atoms with Crippen molar-refractivity contribution in [3.05, 3.63) is 36.7 Å². The van der Waals surface area contributed by atoms with Crippen molar-refractivity contribution >= 4 is 23.4 Å². The van der Waals surface area contributed by atoms with Crippen LogP contribution in [-0.2, 0) is 4.79 Å². The fourth-order valence-corrected chi connectivity index (χ4v) is 2.13. The van der Waals surface area contributed by atoms with E-state index in [1.807, 2.05) is 18.4 Å². The van der Waals surface area contributed by atoms with Gasteiger partial charge in [0, 0.05) is 5.69 Å². The first-order chi connectivity index (χ1) is 9.70. The molecule has 0 saturated carbocycles. The van der Waals surface area contributed by atoms with Crippen LogP contribution >= 0.6 is 11.8 Å². The largest absolute Gasteiger partial charge is 0.325 e. The summed E-state index contributed by atoms with van der Waals surface area (Å²) in [6.07, 6.45) is 5.88. The lowest BCUT2D eigenvalue weighted by atomic mass is 10.2. The summed E-state index contributed by atoms with van der Waals surface area (Å²) in [4.78, 5) is 13.4. The molecule has 1 heterocycles. The lowest BCUT2D eigenvalue weighted by molar-refractivity contribution is -0.117. The minimum atomic E-state index is -0.477. The van der Waals surface area contributed by atoms with Gasteiger partial charge in [0.15, 0.2) is 0 Å². The van der Waals surface area contributed by atoms with Gasteiger partial charge in [-0.25, -0.2) is 0 Å². The Morgan fingerprint density at radius 2 is 2.00 bits per heavy atom. The van der Waals surface area contributed by atoms with E-state index in [-0.39, 0.29) is 5.91 Å². The highest BCUT2D eigenvalue weighted by Crippen LogP contribution is 2.12. The van der Waals surface area contributed by atoms with Gasteiger partial charge in [-0.05, 0) is 42.7 Å². The molecule has 0 fully saturated rings. The van der Waals surface area contributed by atoms with Crippen molar-refractivity contribution in [2.75, 3.05) is 17.3 Å². The Morgan fingerprint density at radius 1 is 1.35 bits per heavy atom. The lowest BCUT2D eigenvalue weighted by Gasteiger charge is -2.11. The van der Waals surface area contributed by atoms with Gasteiger partial charge >= 0.3 is 0 Å². The number of hydrogen-bond donors (Lipinski definition) is 2. The van der Waals surface area contributed by atoms with Gasteiger partial charge < -0.3 is 11.1 Å². The zero-order chi connectivity index (χ0) is 14.4. The summed E-state index contributed by atoms with van der Waals surface area (Å²) in [5.41, 5.74) is 7.36. The van der Waals surface area contributed by atoms with E-state index in [4.69, 9.17) is 5.73 Å². The molecule has 0 spiro atoms. The summed E-state index contributed by atoms with van der Waals surface area (Å²) >= 11 is 1.68. The fourth-order valence-electron chi connectivity index (χ4n) is 1.64. The topological polar surface area (TPSA) is 85.8 Å². The standard InChI is InChI=1S/C13H17N5OS/c1-20-9-6-12(14)13(19)17-10-2-4-11(5-3-10)18-15-7-8-16-18/h2-5,7-8,12H,6,9,14H2,1H3,(H,17,19)/t12-/m1/s1. The van der Waals surface area contributed by atoms with Gasteiger partial charge in [0.1, 0.15) is 0 Å². The van der Waals surface area contributed by atoms with E-state index >= 15 is 0 Å². The van der Waals surface area contributed by atoms with Gasteiger partial charge in [0.2, 0.25) is 5.91 Å². The molecule has 6 nitrogen and oxygen atoms in total. The van der Waals surface area contributed by atoms with Gasteiger partial charge in [0.25, 0.3) is 0 Å². The summed E-state index contributed by atoms with van der Waals surface area (Å²) in [7, 11) is 0.